The number of carbonyl (C=O) groups is 2. The summed E-state index contributed by atoms with van der Waals surface area (Å²) >= 11 is 0. The Morgan fingerprint density at radius 3 is 2.09 bits per heavy atom. The van der Waals surface area contributed by atoms with Crippen LogP contribution in [0.4, 0.5) is 5.69 Å². The molecule has 1 heterocycles. The molecule has 1 fully saturated rings. The van der Waals surface area contributed by atoms with Crippen LogP contribution in [0.15, 0.2) is 35.2 Å². The van der Waals surface area contributed by atoms with E-state index in [-0.39, 0.29) is 44.9 Å². The number of sulfonamides is 1. The maximum Gasteiger partial charge on any atom is 0.340 e. The molecular weight excluding hydrogens is 468 g/mol. The molecule has 2 aromatic rings. The van der Waals surface area contributed by atoms with E-state index in [0.29, 0.717) is 26.3 Å². The first-order valence-electron chi connectivity index (χ1n) is 10.2. The molecule has 11 nitrogen and oxygen atoms in total. The quantitative estimate of drug-likeness (QED) is 0.546. The molecule has 0 bridgehead atoms. The number of hydrogen-bond acceptors (Lipinski definition) is 9. The van der Waals surface area contributed by atoms with Gasteiger partial charge in [0.25, 0.3) is 15.9 Å². The van der Waals surface area contributed by atoms with Crippen LogP contribution in [0.5, 0.6) is 17.2 Å². The summed E-state index contributed by atoms with van der Waals surface area (Å²) in [7, 11) is 1.08. The smallest absolute Gasteiger partial charge is 0.340 e. The lowest BCUT2D eigenvalue weighted by molar-refractivity contribution is 0.0300. The number of morpholine rings is 1. The molecule has 0 saturated carbocycles. The van der Waals surface area contributed by atoms with Gasteiger partial charge in [-0.3, -0.25) is 9.52 Å². The first kappa shape index (κ1) is 25.1. The fourth-order valence-electron chi connectivity index (χ4n) is 3.40. The van der Waals surface area contributed by atoms with Crippen LogP contribution in [-0.2, 0) is 19.5 Å². The van der Waals surface area contributed by atoms with Gasteiger partial charge >= 0.3 is 5.97 Å². The van der Waals surface area contributed by atoms with E-state index in [4.69, 9.17) is 23.7 Å². The van der Waals surface area contributed by atoms with Gasteiger partial charge in [0.1, 0.15) is 5.75 Å². The fraction of sp³-hybridized carbons (Fsp3) is 0.364. The lowest BCUT2D eigenvalue weighted by Gasteiger charge is -2.27. The molecule has 0 radical (unpaired) electrons. The molecule has 1 amide bonds. The van der Waals surface area contributed by atoms with Crippen molar-refractivity contribution in [2.45, 2.75) is 4.90 Å². The number of benzene rings is 2. The molecule has 184 valence electrons. The summed E-state index contributed by atoms with van der Waals surface area (Å²) in [5, 5.41) is 0. The number of nitrogens with zero attached hydrogens (tertiary/aromatic N) is 1. The van der Waals surface area contributed by atoms with E-state index in [2.05, 4.69) is 4.72 Å². The van der Waals surface area contributed by atoms with Gasteiger partial charge in [-0.25, -0.2) is 13.2 Å². The van der Waals surface area contributed by atoms with Gasteiger partial charge in [0.05, 0.1) is 63.4 Å². The maximum absolute atomic E-state index is 13.2. The normalized spacial score (nSPS) is 13.7. The van der Waals surface area contributed by atoms with E-state index >= 15 is 0 Å². The molecule has 0 aliphatic carbocycles. The Morgan fingerprint density at radius 2 is 1.50 bits per heavy atom. The largest absolute Gasteiger partial charge is 0.496 e. The van der Waals surface area contributed by atoms with Crippen molar-refractivity contribution in [3.05, 3.63) is 41.5 Å². The molecule has 0 aromatic heterocycles. The maximum atomic E-state index is 13.2. The molecule has 1 aliphatic heterocycles. The zero-order valence-corrected chi connectivity index (χ0v) is 20.1. The van der Waals surface area contributed by atoms with Crippen LogP contribution < -0.4 is 18.9 Å². The number of amides is 1. The Hall–Kier alpha value is -3.51. The molecule has 0 unspecified atom stereocenters. The number of ether oxygens (including phenoxy) is 5. The van der Waals surface area contributed by atoms with Crippen LogP contribution in [0, 0.1) is 0 Å². The van der Waals surface area contributed by atoms with Crippen LogP contribution in [0.25, 0.3) is 0 Å². The molecule has 1 N–H and O–H groups in total. The van der Waals surface area contributed by atoms with Gasteiger partial charge in [-0.15, -0.1) is 0 Å². The van der Waals surface area contributed by atoms with E-state index < -0.39 is 16.0 Å². The van der Waals surface area contributed by atoms with Crippen molar-refractivity contribution >= 4 is 27.6 Å². The molecule has 34 heavy (non-hydrogen) atoms. The van der Waals surface area contributed by atoms with Gasteiger partial charge in [0, 0.05) is 25.2 Å². The SMILES string of the molecule is COC(=O)c1cc(OC)c(OC)cc1NS(=O)(=O)c1ccc(OC)c(C(=O)N2CCOCC2)c1. The average molecular weight is 495 g/mol. The van der Waals surface area contributed by atoms with E-state index in [1.807, 2.05) is 0 Å². The standard InChI is InChI=1S/C22H26N2O9S/c1-29-18-6-5-14(11-16(18)21(25)24-7-9-33-10-8-24)34(27,28)23-17-13-20(31-3)19(30-2)12-15(17)22(26)32-4/h5-6,11-13,23H,7-10H2,1-4H3. The molecule has 3 rings (SSSR count). The minimum absolute atomic E-state index is 0.0816. The topological polar surface area (TPSA) is 130 Å². The Labute approximate surface area is 197 Å². The number of nitrogens with one attached hydrogen (secondary N) is 1. The molecule has 0 atom stereocenters. The second-order valence-corrected chi connectivity index (χ2v) is 8.80. The third kappa shape index (κ3) is 5.18. The summed E-state index contributed by atoms with van der Waals surface area (Å²) in [5.41, 5.74) is -0.0731. The monoisotopic (exact) mass is 494 g/mol. The minimum Gasteiger partial charge on any atom is -0.496 e. The summed E-state index contributed by atoms with van der Waals surface area (Å²) in [6, 6.07) is 6.56. The highest BCUT2D eigenvalue weighted by atomic mass is 32.2. The fourth-order valence-corrected chi connectivity index (χ4v) is 4.50. The van der Waals surface area contributed by atoms with Crippen LogP contribution in [-0.4, -0.2) is 79.9 Å². The number of rotatable bonds is 8. The van der Waals surface area contributed by atoms with Crippen molar-refractivity contribution in [1.29, 1.82) is 0 Å². The number of esters is 1. The van der Waals surface area contributed by atoms with Crippen LogP contribution in [0.2, 0.25) is 0 Å². The van der Waals surface area contributed by atoms with Gasteiger partial charge in [-0.2, -0.15) is 0 Å². The summed E-state index contributed by atoms with van der Waals surface area (Å²) in [6.45, 7) is 1.54. The summed E-state index contributed by atoms with van der Waals surface area (Å²) in [4.78, 5) is 26.7. The summed E-state index contributed by atoms with van der Waals surface area (Å²) in [6.07, 6.45) is 0. The van der Waals surface area contributed by atoms with Crippen molar-refractivity contribution in [1.82, 2.24) is 4.90 Å². The van der Waals surface area contributed by atoms with E-state index in [0.717, 1.165) is 0 Å². The van der Waals surface area contributed by atoms with Crippen molar-refractivity contribution in [3.63, 3.8) is 0 Å². The lowest BCUT2D eigenvalue weighted by Crippen LogP contribution is -2.40. The van der Waals surface area contributed by atoms with Gasteiger partial charge < -0.3 is 28.6 Å². The number of anilines is 1. The van der Waals surface area contributed by atoms with Gasteiger partial charge in [0.15, 0.2) is 11.5 Å². The van der Waals surface area contributed by atoms with E-state index in [1.165, 1.54) is 58.8 Å². The molecule has 12 heteroatoms. The molecule has 0 spiro atoms. The van der Waals surface area contributed by atoms with Gasteiger partial charge in [-0.05, 0) is 18.2 Å². The lowest BCUT2D eigenvalue weighted by atomic mass is 10.1. The predicted molar refractivity (Wildman–Crippen MR) is 121 cm³/mol. The molecule has 1 saturated heterocycles. The third-order valence-electron chi connectivity index (χ3n) is 5.18. The van der Waals surface area contributed by atoms with Gasteiger partial charge in [0.2, 0.25) is 0 Å². The highest BCUT2D eigenvalue weighted by Gasteiger charge is 2.26. The Bertz CT molecular complexity index is 1180. The minimum atomic E-state index is -4.24. The molecule has 1 aliphatic rings. The van der Waals surface area contributed by atoms with Crippen LogP contribution >= 0.6 is 0 Å². The van der Waals surface area contributed by atoms with Crippen molar-refractivity contribution in [2.75, 3.05) is 59.5 Å². The van der Waals surface area contributed by atoms with E-state index in [1.54, 1.807) is 4.90 Å². The number of carbonyl (C=O) groups excluding carboxylic acids is 2. The van der Waals surface area contributed by atoms with Crippen molar-refractivity contribution < 1.29 is 41.7 Å². The summed E-state index contributed by atoms with van der Waals surface area (Å²) < 4.78 is 54.6. The Morgan fingerprint density at radius 1 is 0.882 bits per heavy atom. The second kappa shape index (κ2) is 10.6. The number of hydrogen-bond donors (Lipinski definition) is 1. The highest BCUT2D eigenvalue weighted by molar-refractivity contribution is 7.92. The summed E-state index contributed by atoms with van der Waals surface area (Å²) in [5.74, 6) is -0.508. The molecular formula is C22H26N2O9S. The third-order valence-corrected chi connectivity index (χ3v) is 6.55. The van der Waals surface area contributed by atoms with Crippen molar-refractivity contribution in [2.24, 2.45) is 0 Å². The molecule has 2 aromatic carbocycles. The zero-order valence-electron chi connectivity index (χ0n) is 19.2. The highest BCUT2D eigenvalue weighted by Crippen LogP contribution is 2.35. The van der Waals surface area contributed by atoms with Crippen LogP contribution in [0.1, 0.15) is 20.7 Å². The van der Waals surface area contributed by atoms with Crippen LogP contribution in [0.3, 0.4) is 0 Å². The average Bonchev–Trinajstić information content (AvgIpc) is 2.87. The Kier molecular flexibility index (Phi) is 7.84. The second-order valence-electron chi connectivity index (χ2n) is 7.12. The van der Waals surface area contributed by atoms with Crippen molar-refractivity contribution in [3.8, 4) is 17.2 Å². The zero-order chi connectivity index (χ0) is 24.9. The Balaban J connectivity index is 2.02. The number of methoxy groups -OCH3 is 4. The first-order chi connectivity index (χ1) is 16.2. The van der Waals surface area contributed by atoms with Gasteiger partial charge in [-0.1, -0.05) is 0 Å². The first-order valence-corrected chi connectivity index (χ1v) is 11.7. The predicted octanol–water partition coefficient (Wildman–Crippen LogP) is 1.77. The van der Waals surface area contributed by atoms with E-state index in [9.17, 15) is 18.0 Å².